The first-order valence-corrected chi connectivity index (χ1v) is 8.06. The molecule has 1 aliphatic heterocycles. The van der Waals surface area contributed by atoms with Gasteiger partial charge in [0.2, 0.25) is 5.91 Å². The summed E-state index contributed by atoms with van der Waals surface area (Å²) >= 11 is 0. The van der Waals surface area contributed by atoms with E-state index in [2.05, 4.69) is 18.0 Å². The van der Waals surface area contributed by atoms with E-state index >= 15 is 0 Å². The molecule has 0 saturated heterocycles. The molecule has 2 aromatic rings. The Morgan fingerprint density at radius 3 is 2.96 bits per heavy atom. The molecule has 0 spiro atoms. The zero-order valence-electron chi connectivity index (χ0n) is 13.3. The van der Waals surface area contributed by atoms with Crippen LogP contribution in [0.15, 0.2) is 47.7 Å². The first-order chi connectivity index (χ1) is 11.2. The Hall–Kier alpha value is -2.43. The molecule has 1 atom stereocenters. The molecule has 5 heteroatoms. The first kappa shape index (κ1) is 15.5. The lowest BCUT2D eigenvalue weighted by Crippen LogP contribution is -2.33. The van der Waals surface area contributed by atoms with Gasteiger partial charge in [0.05, 0.1) is 6.33 Å². The highest BCUT2D eigenvalue weighted by atomic mass is 16.2. The van der Waals surface area contributed by atoms with Crippen molar-refractivity contribution in [3.63, 3.8) is 0 Å². The Balaban J connectivity index is 1.78. The molecule has 1 aromatic carbocycles. The zero-order chi connectivity index (χ0) is 16.2. The summed E-state index contributed by atoms with van der Waals surface area (Å²) in [4.78, 5) is 30.2. The maximum atomic E-state index is 12.7. The normalized spacial score (nSPS) is 17.4. The number of nitrogens with zero attached hydrogens (tertiary/aromatic N) is 3. The smallest absolute Gasteiger partial charge is 0.253 e. The minimum atomic E-state index is -0.127. The van der Waals surface area contributed by atoms with Gasteiger partial charge in [-0.2, -0.15) is 0 Å². The monoisotopic (exact) mass is 311 g/mol. The molecule has 23 heavy (non-hydrogen) atoms. The number of amides is 1. The standard InChI is InChI=1S/C18H21N3O2/c1-14-5-4-11-21(16-7-3-2-6-15(14)16)18(23)9-12-20-13-19-10-8-17(20)22/h2-3,6-8,10,13-14H,4-5,9,11-12H2,1H3/t14-/m0/s1. The van der Waals surface area contributed by atoms with Crippen molar-refractivity contribution in [2.75, 3.05) is 11.4 Å². The van der Waals surface area contributed by atoms with Gasteiger partial charge in [-0.15, -0.1) is 0 Å². The van der Waals surface area contributed by atoms with Crippen LogP contribution < -0.4 is 10.5 Å². The number of hydrogen-bond donors (Lipinski definition) is 0. The summed E-state index contributed by atoms with van der Waals surface area (Å²) in [5, 5.41) is 0. The Bertz CT molecular complexity index is 754. The summed E-state index contributed by atoms with van der Waals surface area (Å²) in [5.41, 5.74) is 2.12. The fraction of sp³-hybridized carbons (Fsp3) is 0.389. The van der Waals surface area contributed by atoms with Gasteiger partial charge < -0.3 is 4.90 Å². The van der Waals surface area contributed by atoms with E-state index in [9.17, 15) is 9.59 Å². The second-order valence-corrected chi connectivity index (χ2v) is 6.01. The predicted octanol–water partition coefficient (Wildman–Crippen LogP) is 2.56. The first-order valence-electron chi connectivity index (χ1n) is 8.06. The third kappa shape index (κ3) is 3.33. The van der Waals surface area contributed by atoms with E-state index in [1.54, 1.807) is 0 Å². The van der Waals surface area contributed by atoms with E-state index in [-0.39, 0.29) is 11.5 Å². The number of hydrogen-bond acceptors (Lipinski definition) is 3. The number of rotatable bonds is 3. The van der Waals surface area contributed by atoms with Crippen LogP contribution in [0.25, 0.3) is 0 Å². The van der Waals surface area contributed by atoms with E-state index in [0.717, 1.165) is 25.1 Å². The SMILES string of the molecule is C[C@H]1CCCN(C(=O)CCn2cnccc2=O)c2ccccc21. The summed E-state index contributed by atoms with van der Waals surface area (Å²) in [6.07, 6.45) is 5.33. The van der Waals surface area contributed by atoms with Gasteiger partial charge in [-0.3, -0.25) is 14.2 Å². The number of aromatic nitrogens is 2. The van der Waals surface area contributed by atoms with Gasteiger partial charge in [-0.25, -0.2) is 4.98 Å². The van der Waals surface area contributed by atoms with Crippen LogP contribution in [0.3, 0.4) is 0 Å². The summed E-state index contributed by atoms with van der Waals surface area (Å²) in [7, 11) is 0. The molecule has 0 fully saturated rings. The van der Waals surface area contributed by atoms with Crippen LogP contribution in [-0.4, -0.2) is 22.0 Å². The van der Waals surface area contributed by atoms with Crippen LogP contribution in [0.2, 0.25) is 0 Å². The molecule has 0 aliphatic carbocycles. The summed E-state index contributed by atoms with van der Waals surface area (Å²) < 4.78 is 1.48. The Morgan fingerprint density at radius 2 is 2.13 bits per heavy atom. The number of carbonyl (C=O) groups excluding carboxylic acids is 1. The fourth-order valence-corrected chi connectivity index (χ4v) is 3.14. The second kappa shape index (κ2) is 6.77. The second-order valence-electron chi connectivity index (χ2n) is 6.01. The molecule has 0 bridgehead atoms. The van der Waals surface area contributed by atoms with Gasteiger partial charge in [0.15, 0.2) is 0 Å². The fourth-order valence-electron chi connectivity index (χ4n) is 3.14. The van der Waals surface area contributed by atoms with Crippen LogP contribution in [0.1, 0.15) is 37.7 Å². The third-order valence-corrected chi connectivity index (χ3v) is 4.44. The molecular weight excluding hydrogens is 290 g/mol. The van der Waals surface area contributed by atoms with E-state index < -0.39 is 0 Å². The van der Waals surface area contributed by atoms with E-state index in [0.29, 0.717) is 18.9 Å². The van der Waals surface area contributed by atoms with Crippen molar-refractivity contribution in [1.29, 1.82) is 0 Å². The number of carbonyl (C=O) groups is 1. The summed E-state index contributed by atoms with van der Waals surface area (Å²) in [6, 6.07) is 9.54. The molecule has 0 saturated carbocycles. The minimum absolute atomic E-state index is 0.0577. The number of anilines is 1. The van der Waals surface area contributed by atoms with Gasteiger partial charge in [0, 0.05) is 37.5 Å². The molecule has 1 aliphatic rings. The molecule has 5 nitrogen and oxygen atoms in total. The number of para-hydroxylation sites is 1. The lowest BCUT2D eigenvalue weighted by atomic mass is 9.96. The highest BCUT2D eigenvalue weighted by Crippen LogP contribution is 2.34. The number of benzene rings is 1. The van der Waals surface area contributed by atoms with Crippen molar-refractivity contribution < 1.29 is 4.79 Å². The lowest BCUT2D eigenvalue weighted by molar-refractivity contribution is -0.118. The molecule has 0 N–H and O–H groups in total. The average molecular weight is 311 g/mol. The van der Waals surface area contributed by atoms with Crippen molar-refractivity contribution in [3.8, 4) is 0 Å². The largest absolute Gasteiger partial charge is 0.312 e. The van der Waals surface area contributed by atoms with Crippen LogP contribution in [-0.2, 0) is 11.3 Å². The summed E-state index contributed by atoms with van der Waals surface area (Å²) in [6.45, 7) is 3.31. The highest BCUT2D eigenvalue weighted by molar-refractivity contribution is 5.94. The Kier molecular flexibility index (Phi) is 4.55. The Labute approximate surface area is 135 Å². The van der Waals surface area contributed by atoms with Crippen LogP contribution >= 0.6 is 0 Å². The number of fused-ring (bicyclic) bond motifs is 1. The van der Waals surface area contributed by atoms with Crippen LogP contribution in [0, 0.1) is 0 Å². The van der Waals surface area contributed by atoms with Crippen LogP contribution in [0.4, 0.5) is 5.69 Å². The van der Waals surface area contributed by atoms with Crippen molar-refractivity contribution in [2.24, 2.45) is 0 Å². The van der Waals surface area contributed by atoms with Gasteiger partial charge in [0.25, 0.3) is 5.56 Å². The minimum Gasteiger partial charge on any atom is -0.312 e. The molecule has 1 amide bonds. The van der Waals surface area contributed by atoms with Gasteiger partial charge in [-0.05, 0) is 30.4 Å². The topological polar surface area (TPSA) is 55.2 Å². The van der Waals surface area contributed by atoms with E-state index in [1.807, 2.05) is 23.1 Å². The molecule has 120 valence electrons. The summed E-state index contributed by atoms with van der Waals surface area (Å²) in [5.74, 6) is 0.521. The van der Waals surface area contributed by atoms with Crippen LogP contribution in [0.5, 0.6) is 0 Å². The van der Waals surface area contributed by atoms with E-state index in [4.69, 9.17) is 0 Å². The predicted molar refractivity (Wildman–Crippen MR) is 89.6 cm³/mol. The average Bonchev–Trinajstić information content (AvgIpc) is 2.73. The third-order valence-electron chi connectivity index (χ3n) is 4.44. The van der Waals surface area contributed by atoms with Crippen molar-refractivity contribution in [3.05, 3.63) is 58.8 Å². The molecular formula is C18H21N3O2. The molecule has 0 unspecified atom stereocenters. The maximum absolute atomic E-state index is 12.7. The maximum Gasteiger partial charge on any atom is 0.253 e. The van der Waals surface area contributed by atoms with Gasteiger partial charge in [-0.1, -0.05) is 25.1 Å². The highest BCUT2D eigenvalue weighted by Gasteiger charge is 2.23. The van der Waals surface area contributed by atoms with Crippen molar-refractivity contribution in [1.82, 2.24) is 9.55 Å². The van der Waals surface area contributed by atoms with Gasteiger partial charge in [0.1, 0.15) is 0 Å². The van der Waals surface area contributed by atoms with Gasteiger partial charge >= 0.3 is 0 Å². The van der Waals surface area contributed by atoms with Crippen molar-refractivity contribution in [2.45, 2.75) is 38.6 Å². The lowest BCUT2D eigenvalue weighted by Gasteiger charge is -2.23. The zero-order valence-corrected chi connectivity index (χ0v) is 13.3. The molecule has 0 radical (unpaired) electrons. The van der Waals surface area contributed by atoms with Crippen molar-refractivity contribution >= 4 is 11.6 Å². The molecule has 1 aromatic heterocycles. The Morgan fingerprint density at radius 1 is 1.30 bits per heavy atom. The quantitative estimate of drug-likeness (QED) is 0.875. The number of aryl methyl sites for hydroxylation is 1. The van der Waals surface area contributed by atoms with E-state index in [1.165, 1.54) is 28.7 Å². The molecule has 3 rings (SSSR count). The molecule has 2 heterocycles.